The van der Waals surface area contributed by atoms with Crippen LogP contribution in [0.1, 0.15) is 16.7 Å². The minimum atomic E-state index is -4.00. The molecule has 26 heavy (non-hydrogen) atoms. The number of nitro benzene ring substituents is 1. The van der Waals surface area contributed by atoms with Gasteiger partial charge in [-0.2, -0.15) is 4.31 Å². The largest absolute Gasteiger partial charge is 0.494 e. The molecule has 0 amide bonds. The normalized spacial score (nSPS) is 11.6. The molecule has 0 saturated carbocycles. The van der Waals surface area contributed by atoms with Crippen LogP contribution >= 0.6 is 0 Å². The first-order valence-electron chi connectivity index (χ1n) is 7.62. The van der Waals surface area contributed by atoms with Gasteiger partial charge in [0.15, 0.2) is 11.6 Å². The maximum Gasteiger partial charge on any atom is 0.271 e. The Bertz CT molecular complexity index is 960. The SMILES string of the molecule is COc1ccc(CN(C)S(=O)(=O)c2cc([N+](=O)[O-])cc(C)c2C)cc1F. The molecule has 2 rings (SSSR count). The van der Waals surface area contributed by atoms with Crippen LogP contribution < -0.4 is 4.74 Å². The van der Waals surface area contributed by atoms with Crippen molar-refractivity contribution in [3.05, 3.63) is 63.0 Å². The van der Waals surface area contributed by atoms with E-state index in [1.165, 1.54) is 32.4 Å². The molecule has 2 aromatic carbocycles. The van der Waals surface area contributed by atoms with Gasteiger partial charge in [0.1, 0.15) is 0 Å². The van der Waals surface area contributed by atoms with E-state index < -0.39 is 20.8 Å². The standard InChI is InChI=1S/C17H19FN2O5S/c1-11-7-14(20(21)22)9-17(12(11)2)26(23,24)19(3)10-13-5-6-16(25-4)15(18)8-13/h5-9H,10H2,1-4H3. The number of aryl methyl sites for hydroxylation is 1. The number of hydrogen-bond acceptors (Lipinski definition) is 5. The van der Waals surface area contributed by atoms with E-state index in [0.29, 0.717) is 16.7 Å². The summed E-state index contributed by atoms with van der Waals surface area (Å²) in [6.45, 7) is 3.11. The van der Waals surface area contributed by atoms with E-state index in [4.69, 9.17) is 4.74 Å². The monoisotopic (exact) mass is 382 g/mol. The van der Waals surface area contributed by atoms with E-state index in [0.717, 1.165) is 10.4 Å². The quantitative estimate of drug-likeness (QED) is 0.565. The summed E-state index contributed by atoms with van der Waals surface area (Å²) in [5.74, 6) is -0.539. The van der Waals surface area contributed by atoms with E-state index in [1.54, 1.807) is 19.9 Å². The van der Waals surface area contributed by atoms with E-state index in [1.807, 2.05) is 0 Å². The Hall–Kier alpha value is -2.52. The van der Waals surface area contributed by atoms with Crippen molar-refractivity contribution in [3.8, 4) is 5.75 Å². The number of benzene rings is 2. The lowest BCUT2D eigenvalue weighted by Gasteiger charge is -2.19. The lowest BCUT2D eigenvalue weighted by Crippen LogP contribution is -2.27. The fraction of sp³-hybridized carbons (Fsp3) is 0.294. The summed E-state index contributed by atoms with van der Waals surface area (Å²) in [4.78, 5) is 10.3. The summed E-state index contributed by atoms with van der Waals surface area (Å²) < 4.78 is 45.4. The molecule has 0 N–H and O–H groups in total. The highest BCUT2D eigenvalue weighted by Gasteiger charge is 2.26. The van der Waals surface area contributed by atoms with Gasteiger partial charge in [0.25, 0.3) is 5.69 Å². The average Bonchev–Trinajstić information content (AvgIpc) is 2.56. The molecule has 2 aromatic rings. The maximum atomic E-state index is 13.8. The third kappa shape index (κ3) is 3.83. The Morgan fingerprint density at radius 1 is 1.23 bits per heavy atom. The third-order valence-corrected chi connectivity index (χ3v) is 6.05. The van der Waals surface area contributed by atoms with Gasteiger partial charge in [-0.3, -0.25) is 10.1 Å². The number of hydrogen-bond donors (Lipinski definition) is 0. The highest BCUT2D eigenvalue weighted by atomic mass is 32.2. The summed E-state index contributed by atoms with van der Waals surface area (Å²) in [7, 11) is -1.33. The van der Waals surface area contributed by atoms with Crippen molar-refractivity contribution >= 4 is 15.7 Å². The molecule has 0 atom stereocenters. The van der Waals surface area contributed by atoms with Crippen LogP contribution in [0, 0.1) is 29.8 Å². The van der Waals surface area contributed by atoms with Gasteiger partial charge in [-0.15, -0.1) is 0 Å². The van der Waals surface area contributed by atoms with Gasteiger partial charge in [0, 0.05) is 25.7 Å². The molecule has 0 aromatic heterocycles. The van der Waals surface area contributed by atoms with Crippen LogP contribution in [0.3, 0.4) is 0 Å². The highest BCUT2D eigenvalue weighted by molar-refractivity contribution is 7.89. The summed E-state index contributed by atoms with van der Waals surface area (Å²) in [6.07, 6.45) is 0. The van der Waals surface area contributed by atoms with Gasteiger partial charge in [-0.25, -0.2) is 12.8 Å². The molecule has 0 aliphatic heterocycles. The summed E-state index contributed by atoms with van der Waals surface area (Å²) in [5.41, 5.74) is 1.06. The Balaban J connectivity index is 2.41. The van der Waals surface area contributed by atoms with E-state index >= 15 is 0 Å². The Morgan fingerprint density at radius 3 is 2.42 bits per heavy atom. The first-order chi connectivity index (χ1) is 12.1. The molecule has 0 radical (unpaired) electrons. The van der Waals surface area contributed by atoms with Gasteiger partial charge in [0.2, 0.25) is 10.0 Å². The molecule has 0 bridgehead atoms. The highest BCUT2D eigenvalue weighted by Crippen LogP contribution is 2.28. The van der Waals surface area contributed by atoms with Crippen LogP contribution in [0.4, 0.5) is 10.1 Å². The molecule has 0 heterocycles. The molecule has 0 aliphatic carbocycles. The number of non-ortho nitro benzene ring substituents is 1. The lowest BCUT2D eigenvalue weighted by atomic mass is 10.1. The number of ether oxygens (including phenoxy) is 1. The second-order valence-corrected chi connectivity index (χ2v) is 7.89. The fourth-order valence-electron chi connectivity index (χ4n) is 2.50. The number of sulfonamides is 1. The predicted octanol–water partition coefficient (Wildman–Crippen LogP) is 3.18. The van der Waals surface area contributed by atoms with Crippen molar-refractivity contribution in [3.63, 3.8) is 0 Å². The van der Waals surface area contributed by atoms with E-state index in [9.17, 15) is 22.9 Å². The Morgan fingerprint density at radius 2 is 1.88 bits per heavy atom. The van der Waals surface area contributed by atoms with Crippen LogP contribution in [0.5, 0.6) is 5.75 Å². The molecule has 9 heteroatoms. The number of rotatable bonds is 6. The van der Waals surface area contributed by atoms with Crippen molar-refractivity contribution in [2.45, 2.75) is 25.3 Å². The number of halogens is 1. The third-order valence-electron chi connectivity index (χ3n) is 4.12. The van der Waals surface area contributed by atoms with Gasteiger partial charge in [-0.1, -0.05) is 6.07 Å². The van der Waals surface area contributed by atoms with Crippen molar-refractivity contribution in [2.75, 3.05) is 14.2 Å². The maximum absolute atomic E-state index is 13.8. The predicted molar refractivity (Wildman–Crippen MR) is 94.2 cm³/mol. The zero-order valence-electron chi connectivity index (χ0n) is 14.8. The Kier molecular flexibility index (Phi) is 5.62. The second kappa shape index (κ2) is 7.38. The van der Waals surface area contributed by atoms with Crippen molar-refractivity contribution in [1.29, 1.82) is 0 Å². The first kappa shape index (κ1) is 19.8. The smallest absolute Gasteiger partial charge is 0.271 e. The van der Waals surface area contributed by atoms with Crippen molar-refractivity contribution < 1.29 is 22.5 Å². The van der Waals surface area contributed by atoms with Crippen molar-refractivity contribution in [2.24, 2.45) is 0 Å². The molecule has 140 valence electrons. The van der Waals surface area contributed by atoms with E-state index in [2.05, 4.69) is 0 Å². The van der Waals surface area contributed by atoms with Gasteiger partial charge in [-0.05, 0) is 42.7 Å². The first-order valence-corrected chi connectivity index (χ1v) is 9.06. The molecule has 7 nitrogen and oxygen atoms in total. The molecule has 0 fully saturated rings. The minimum Gasteiger partial charge on any atom is -0.494 e. The van der Waals surface area contributed by atoms with Crippen LogP contribution in [0.15, 0.2) is 35.2 Å². The molecule has 0 saturated heterocycles. The average molecular weight is 382 g/mol. The van der Waals surface area contributed by atoms with Crippen LogP contribution in [-0.2, 0) is 16.6 Å². The molecular formula is C17H19FN2O5S. The van der Waals surface area contributed by atoms with Gasteiger partial charge in [0.05, 0.1) is 16.9 Å². The molecule has 0 spiro atoms. The zero-order chi connectivity index (χ0) is 19.6. The molecular weight excluding hydrogens is 363 g/mol. The zero-order valence-corrected chi connectivity index (χ0v) is 15.6. The summed E-state index contributed by atoms with van der Waals surface area (Å²) in [6, 6.07) is 6.53. The lowest BCUT2D eigenvalue weighted by molar-refractivity contribution is -0.385. The Labute approximate surface area is 151 Å². The summed E-state index contributed by atoms with van der Waals surface area (Å²) in [5, 5.41) is 11.0. The fourth-order valence-corrected chi connectivity index (χ4v) is 3.97. The topological polar surface area (TPSA) is 89.8 Å². The number of nitro groups is 1. The van der Waals surface area contributed by atoms with E-state index in [-0.39, 0.29) is 22.9 Å². The van der Waals surface area contributed by atoms with Gasteiger partial charge >= 0.3 is 0 Å². The number of nitrogens with zero attached hydrogens (tertiary/aromatic N) is 2. The molecule has 0 aliphatic rings. The van der Waals surface area contributed by atoms with Crippen LogP contribution in [0.2, 0.25) is 0 Å². The number of methoxy groups -OCH3 is 1. The summed E-state index contributed by atoms with van der Waals surface area (Å²) >= 11 is 0. The second-order valence-electron chi connectivity index (χ2n) is 5.87. The van der Waals surface area contributed by atoms with Crippen molar-refractivity contribution in [1.82, 2.24) is 4.31 Å². The van der Waals surface area contributed by atoms with Gasteiger partial charge < -0.3 is 4.74 Å². The van der Waals surface area contributed by atoms with Crippen LogP contribution in [0.25, 0.3) is 0 Å². The molecule has 0 unspecified atom stereocenters. The van der Waals surface area contributed by atoms with Crippen LogP contribution in [-0.4, -0.2) is 31.8 Å². The minimum absolute atomic E-state index is 0.0596.